The lowest BCUT2D eigenvalue weighted by Gasteiger charge is -2.14. The molecule has 2 heterocycles. The number of nitrogens with zero attached hydrogens (tertiary/aromatic N) is 1. The fraction of sp³-hybridized carbons (Fsp3) is 0.591. The molecule has 1 N–H and O–H groups in total. The molecule has 2 unspecified atom stereocenters. The third-order valence-electron chi connectivity index (χ3n) is 5.24. The van der Waals surface area contributed by atoms with Gasteiger partial charge >= 0.3 is 0 Å². The van der Waals surface area contributed by atoms with E-state index in [4.69, 9.17) is 4.74 Å². The topological polar surface area (TPSA) is 34.1 Å². The Kier molecular flexibility index (Phi) is 8.95. The van der Waals surface area contributed by atoms with Gasteiger partial charge in [0.15, 0.2) is 0 Å². The van der Waals surface area contributed by atoms with Crippen LogP contribution in [-0.4, -0.2) is 30.9 Å². The fourth-order valence-electron chi connectivity index (χ4n) is 3.69. The van der Waals surface area contributed by atoms with Crippen molar-refractivity contribution in [1.29, 1.82) is 0 Å². The fourth-order valence-corrected chi connectivity index (χ4v) is 4.49. The molecule has 3 nitrogen and oxygen atoms in total. The molecule has 1 aliphatic heterocycles. The van der Waals surface area contributed by atoms with Crippen LogP contribution in [0.4, 0.5) is 13.2 Å². The van der Waals surface area contributed by atoms with Crippen molar-refractivity contribution in [2.24, 2.45) is 5.92 Å². The van der Waals surface area contributed by atoms with Crippen LogP contribution in [0.1, 0.15) is 50.6 Å². The highest BCUT2D eigenvalue weighted by Crippen LogP contribution is 2.26. The molecule has 29 heavy (non-hydrogen) atoms. The van der Waals surface area contributed by atoms with Gasteiger partial charge < -0.3 is 10.1 Å². The van der Waals surface area contributed by atoms with E-state index in [1.165, 1.54) is 49.2 Å². The first kappa shape index (κ1) is 22.2. The second-order valence-corrected chi connectivity index (χ2v) is 8.62. The monoisotopic (exact) mass is 426 g/mol. The van der Waals surface area contributed by atoms with Crippen LogP contribution in [0.5, 0.6) is 0 Å². The number of thiazole rings is 1. The molecule has 0 radical (unpaired) electrons. The first-order chi connectivity index (χ1) is 14.1. The first-order valence-electron chi connectivity index (χ1n) is 10.4. The van der Waals surface area contributed by atoms with Crippen LogP contribution >= 0.6 is 11.3 Å². The zero-order chi connectivity index (χ0) is 20.5. The van der Waals surface area contributed by atoms with E-state index in [-0.39, 0.29) is 13.2 Å². The molecule has 1 fully saturated rings. The second-order valence-electron chi connectivity index (χ2n) is 7.76. The molecule has 2 aromatic rings. The van der Waals surface area contributed by atoms with Gasteiger partial charge in [-0.25, -0.2) is 18.2 Å². The molecule has 3 rings (SSSR count). The van der Waals surface area contributed by atoms with Crippen LogP contribution in [0.15, 0.2) is 23.6 Å². The summed E-state index contributed by atoms with van der Waals surface area (Å²) < 4.78 is 46.2. The van der Waals surface area contributed by atoms with Crippen molar-refractivity contribution in [2.45, 2.75) is 57.7 Å². The van der Waals surface area contributed by atoms with Crippen molar-refractivity contribution in [3.63, 3.8) is 0 Å². The first-order valence-corrected chi connectivity index (χ1v) is 11.3. The van der Waals surface area contributed by atoms with Gasteiger partial charge in [-0.15, -0.1) is 11.3 Å². The molecule has 2 atom stereocenters. The van der Waals surface area contributed by atoms with Crippen molar-refractivity contribution in [2.75, 3.05) is 19.7 Å². The van der Waals surface area contributed by atoms with E-state index >= 15 is 0 Å². The Morgan fingerprint density at radius 1 is 1.17 bits per heavy atom. The lowest BCUT2D eigenvalue weighted by atomic mass is 9.96. The van der Waals surface area contributed by atoms with Gasteiger partial charge in [-0.05, 0) is 56.8 Å². The number of benzene rings is 1. The van der Waals surface area contributed by atoms with Crippen molar-refractivity contribution in [1.82, 2.24) is 10.3 Å². The zero-order valence-corrected chi connectivity index (χ0v) is 17.5. The van der Waals surface area contributed by atoms with Gasteiger partial charge in [-0.3, -0.25) is 0 Å². The molecular formula is C22H29F3N2OS. The highest BCUT2D eigenvalue weighted by Gasteiger charge is 2.13. The Hall–Kier alpha value is -1.44. The summed E-state index contributed by atoms with van der Waals surface area (Å²) in [6.45, 7) is 2.47. The average Bonchev–Trinajstić information content (AvgIpc) is 3.00. The molecule has 0 saturated carbocycles. The molecule has 0 amide bonds. The molecule has 0 spiro atoms. The minimum atomic E-state index is -0.974. The summed E-state index contributed by atoms with van der Waals surface area (Å²) in [5.74, 6) is -0.538. The van der Waals surface area contributed by atoms with E-state index < -0.39 is 17.8 Å². The number of nitrogens with one attached hydrogen (secondary N) is 1. The number of ether oxygens (including phenoxy) is 1. The summed E-state index contributed by atoms with van der Waals surface area (Å²) in [5.41, 5.74) is 1.04. The minimum Gasteiger partial charge on any atom is -0.372 e. The van der Waals surface area contributed by atoms with E-state index in [0.717, 1.165) is 37.9 Å². The SMILES string of the molecule is Fc1cc(F)cc(-c2nc(COCC(F)CCCCC3CCCCNC3)cs2)c1. The van der Waals surface area contributed by atoms with Crippen LogP contribution in [0.25, 0.3) is 10.6 Å². The third-order valence-corrected chi connectivity index (χ3v) is 6.18. The summed E-state index contributed by atoms with van der Waals surface area (Å²) in [4.78, 5) is 4.33. The van der Waals surface area contributed by atoms with Gasteiger partial charge in [0.05, 0.1) is 18.9 Å². The maximum Gasteiger partial charge on any atom is 0.126 e. The smallest absolute Gasteiger partial charge is 0.126 e. The zero-order valence-electron chi connectivity index (χ0n) is 16.6. The van der Waals surface area contributed by atoms with E-state index in [2.05, 4.69) is 10.3 Å². The molecular weight excluding hydrogens is 397 g/mol. The Bertz CT molecular complexity index is 727. The molecule has 1 aromatic carbocycles. The Morgan fingerprint density at radius 3 is 2.83 bits per heavy atom. The molecule has 7 heteroatoms. The molecule has 1 aliphatic rings. The van der Waals surface area contributed by atoms with Crippen LogP contribution in [-0.2, 0) is 11.3 Å². The van der Waals surface area contributed by atoms with Gasteiger partial charge in [0.1, 0.15) is 22.8 Å². The van der Waals surface area contributed by atoms with Crippen LogP contribution in [0.2, 0.25) is 0 Å². The van der Waals surface area contributed by atoms with Crippen molar-refractivity contribution >= 4 is 11.3 Å². The van der Waals surface area contributed by atoms with E-state index in [1.54, 1.807) is 5.38 Å². The molecule has 1 aromatic heterocycles. The number of rotatable bonds is 10. The largest absolute Gasteiger partial charge is 0.372 e. The molecule has 1 saturated heterocycles. The van der Waals surface area contributed by atoms with Crippen molar-refractivity contribution in [3.05, 3.63) is 40.9 Å². The maximum absolute atomic E-state index is 14.1. The second kappa shape index (κ2) is 11.7. The van der Waals surface area contributed by atoms with Gasteiger partial charge in [0.25, 0.3) is 0 Å². The summed E-state index contributed by atoms with van der Waals surface area (Å²) in [5, 5.41) is 5.76. The average molecular weight is 427 g/mol. The third kappa shape index (κ3) is 7.72. The predicted molar refractivity (Wildman–Crippen MR) is 111 cm³/mol. The number of alkyl halides is 1. The number of unbranched alkanes of at least 4 members (excludes halogenated alkanes) is 1. The predicted octanol–water partition coefficient (Wildman–Crippen LogP) is 5.89. The van der Waals surface area contributed by atoms with Gasteiger partial charge in [0.2, 0.25) is 0 Å². The van der Waals surface area contributed by atoms with Crippen molar-refractivity contribution < 1.29 is 17.9 Å². The maximum atomic E-state index is 14.1. The molecule has 0 bridgehead atoms. The summed E-state index contributed by atoms with van der Waals surface area (Å²) in [7, 11) is 0. The lowest BCUT2D eigenvalue weighted by Crippen LogP contribution is -2.20. The Balaban J connectivity index is 1.32. The van der Waals surface area contributed by atoms with Crippen LogP contribution in [0.3, 0.4) is 0 Å². The highest BCUT2D eigenvalue weighted by atomic mass is 32.1. The van der Waals surface area contributed by atoms with Gasteiger partial charge in [0, 0.05) is 17.0 Å². The lowest BCUT2D eigenvalue weighted by molar-refractivity contribution is 0.0639. The summed E-state index contributed by atoms with van der Waals surface area (Å²) >= 11 is 1.29. The Morgan fingerprint density at radius 2 is 2.00 bits per heavy atom. The Labute approximate surface area is 174 Å². The molecule has 0 aliphatic carbocycles. The van der Waals surface area contributed by atoms with Gasteiger partial charge in [-0.1, -0.05) is 19.3 Å². The van der Waals surface area contributed by atoms with Gasteiger partial charge in [-0.2, -0.15) is 0 Å². The van der Waals surface area contributed by atoms with Crippen LogP contribution < -0.4 is 5.32 Å². The summed E-state index contributed by atoms with van der Waals surface area (Å²) in [6, 6.07) is 3.32. The summed E-state index contributed by atoms with van der Waals surface area (Å²) in [6.07, 6.45) is 6.50. The quantitative estimate of drug-likeness (QED) is 0.481. The highest BCUT2D eigenvalue weighted by molar-refractivity contribution is 7.13. The number of halogens is 3. The molecule has 160 valence electrons. The van der Waals surface area contributed by atoms with E-state index in [0.29, 0.717) is 22.7 Å². The standard InChI is InChI=1S/C22H29F3N2OS/c23-18(7-2-1-5-16-6-3-4-8-26-12-16)13-28-14-21-15-29-22(27-21)17-9-19(24)11-20(25)10-17/h9-11,15-16,18,26H,1-8,12-14H2. The van der Waals surface area contributed by atoms with Crippen molar-refractivity contribution in [3.8, 4) is 10.6 Å². The van der Waals surface area contributed by atoms with E-state index in [1.807, 2.05) is 0 Å². The normalized spacial score (nSPS) is 18.5. The van der Waals surface area contributed by atoms with Crippen LogP contribution in [0, 0.1) is 17.6 Å². The number of hydrogen-bond donors (Lipinski definition) is 1. The van der Waals surface area contributed by atoms with E-state index in [9.17, 15) is 13.2 Å². The minimum absolute atomic E-state index is 0.0481. The number of aromatic nitrogens is 1. The number of hydrogen-bond acceptors (Lipinski definition) is 4.